The lowest BCUT2D eigenvalue weighted by molar-refractivity contribution is -0.136. The molecule has 0 radical (unpaired) electrons. The van der Waals surface area contributed by atoms with Gasteiger partial charge in [-0.25, -0.2) is 19.7 Å². The monoisotopic (exact) mass is 504 g/mol. The highest BCUT2D eigenvalue weighted by molar-refractivity contribution is 5.75. The largest absolute Gasteiger partial charge is 0.490 e. The van der Waals surface area contributed by atoms with Gasteiger partial charge in [0.05, 0.1) is 24.0 Å². The Morgan fingerprint density at radius 1 is 1.17 bits per heavy atom. The molecule has 0 fully saturated rings. The van der Waals surface area contributed by atoms with Crippen LogP contribution >= 0.6 is 0 Å². The molecule has 11 heteroatoms. The summed E-state index contributed by atoms with van der Waals surface area (Å²) in [5.74, 6) is 0.630. The fourth-order valence-corrected chi connectivity index (χ4v) is 4.49. The van der Waals surface area contributed by atoms with Gasteiger partial charge in [0.1, 0.15) is 6.33 Å². The van der Waals surface area contributed by atoms with E-state index >= 15 is 0 Å². The molecular formula is C25H31F3N6O2. The van der Waals surface area contributed by atoms with E-state index in [4.69, 9.17) is 4.74 Å². The fourth-order valence-electron chi connectivity index (χ4n) is 4.49. The maximum absolute atomic E-state index is 13.2. The van der Waals surface area contributed by atoms with Gasteiger partial charge in [-0.1, -0.05) is 6.42 Å². The van der Waals surface area contributed by atoms with E-state index in [9.17, 15) is 18.0 Å². The van der Waals surface area contributed by atoms with Crippen LogP contribution in [0.4, 0.5) is 18.0 Å². The minimum absolute atomic E-state index is 0.154. The van der Waals surface area contributed by atoms with Crippen molar-refractivity contribution >= 4 is 11.7 Å². The summed E-state index contributed by atoms with van der Waals surface area (Å²) in [6.45, 7) is 4.50. The summed E-state index contributed by atoms with van der Waals surface area (Å²) in [5.41, 5.74) is 2.80. The van der Waals surface area contributed by atoms with Crippen LogP contribution < -0.4 is 10.1 Å². The third kappa shape index (κ3) is 6.24. The van der Waals surface area contributed by atoms with Crippen molar-refractivity contribution in [1.29, 1.82) is 0 Å². The molecule has 0 spiro atoms. The van der Waals surface area contributed by atoms with Gasteiger partial charge in [-0.15, -0.1) is 0 Å². The second-order valence-corrected chi connectivity index (χ2v) is 9.04. The summed E-state index contributed by atoms with van der Waals surface area (Å²) in [7, 11) is 0. The van der Waals surface area contributed by atoms with E-state index in [0.717, 1.165) is 18.4 Å². The first kappa shape index (κ1) is 25.7. The highest BCUT2D eigenvalue weighted by Gasteiger charge is 2.30. The van der Waals surface area contributed by atoms with Crippen LogP contribution in [0, 0.1) is 0 Å². The van der Waals surface area contributed by atoms with Crippen molar-refractivity contribution in [2.75, 3.05) is 13.2 Å². The Morgan fingerprint density at radius 2 is 2.00 bits per heavy atom. The maximum Gasteiger partial charge on any atom is 0.389 e. The van der Waals surface area contributed by atoms with Gasteiger partial charge in [-0.2, -0.15) is 13.2 Å². The molecule has 0 aliphatic carbocycles. The highest BCUT2D eigenvalue weighted by Crippen LogP contribution is 2.29. The van der Waals surface area contributed by atoms with E-state index in [1.54, 1.807) is 11.1 Å². The summed E-state index contributed by atoms with van der Waals surface area (Å²) < 4.78 is 46.7. The van der Waals surface area contributed by atoms with E-state index in [1.165, 1.54) is 6.33 Å². The molecule has 2 atom stereocenters. The number of hydrogen-bond donors (Lipinski definition) is 1. The Kier molecular flexibility index (Phi) is 7.95. The Balaban J connectivity index is 1.66. The Morgan fingerprint density at radius 3 is 2.78 bits per heavy atom. The van der Waals surface area contributed by atoms with Crippen molar-refractivity contribution < 1.29 is 22.7 Å². The Bertz CT molecular complexity index is 1180. The minimum atomic E-state index is -4.27. The predicted octanol–water partition coefficient (Wildman–Crippen LogP) is 5.55. The molecular weight excluding hydrogens is 473 g/mol. The average molecular weight is 505 g/mol. The number of aromatic nitrogens is 4. The fraction of sp³-hybridized carbons (Fsp3) is 0.520. The summed E-state index contributed by atoms with van der Waals surface area (Å²) in [6.07, 6.45) is 4.18. The van der Waals surface area contributed by atoms with Gasteiger partial charge in [0, 0.05) is 43.2 Å². The highest BCUT2D eigenvalue weighted by atomic mass is 19.4. The van der Waals surface area contributed by atoms with E-state index in [2.05, 4.69) is 20.3 Å². The van der Waals surface area contributed by atoms with E-state index in [0.29, 0.717) is 48.8 Å². The van der Waals surface area contributed by atoms with Crippen molar-refractivity contribution in [2.24, 2.45) is 0 Å². The number of nitrogens with one attached hydrogen (secondary N) is 1. The van der Waals surface area contributed by atoms with Crippen molar-refractivity contribution in [3.63, 3.8) is 0 Å². The van der Waals surface area contributed by atoms with Gasteiger partial charge in [-0.3, -0.25) is 0 Å². The van der Waals surface area contributed by atoms with E-state index in [1.807, 2.05) is 42.8 Å². The molecule has 4 bridgehead atoms. The number of urea groups is 1. The first-order valence-corrected chi connectivity index (χ1v) is 12.3. The van der Waals surface area contributed by atoms with Crippen LogP contribution in [0.1, 0.15) is 64.1 Å². The van der Waals surface area contributed by atoms with Gasteiger partial charge >= 0.3 is 12.2 Å². The molecule has 2 amide bonds. The van der Waals surface area contributed by atoms with Gasteiger partial charge in [0.25, 0.3) is 0 Å². The standard InChI is InChI=1S/C25H31F3N6O2/c1-3-34-17(2)20-14-21(31-16-30-20)18-13-22(23-29-10-11-33(23)15-18)36-12-6-4-5-7-19(32-24(34)35)8-9-25(26,27)28/h10-11,13-17,19H,3-9,12H2,1-2H3,(H,32,35)/t17?,19-/m1/s1. The molecule has 8 nitrogen and oxygen atoms in total. The lowest BCUT2D eigenvalue weighted by Crippen LogP contribution is -2.46. The van der Waals surface area contributed by atoms with Crippen LogP contribution in [0.2, 0.25) is 0 Å². The van der Waals surface area contributed by atoms with Gasteiger partial charge < -0.3 is 19.4 Å². The number of ether oxygens (including phenoxy) is 1. The molecule has 1 aliphatic heterocycles. The van der Waals surface area contributed by atoms with Gasteiger partial charge in [0.2, 0.25) is 0 Å². The number of alkyl halides is 3. The summed E-state index contributed by atoms with van der Waals surface area (Å²) in [5, 5.41) is 2.85. The van der Waals surface area contributed by atoms with Crippen LogP contribution in [0.25, 0.3) is 16.9 Å². The summed E-state index contributed by atoms with van der Waals surface area (Å²) >= 11 is 0. The Hall–Kier alpha value is -3.37. The van der Waals surface area contributed by atoms with Crippen LogP contribution in [0.3, 0.4) is 0 Å². The molecule has 4 rings (SSSR count). The maximum atomic E-state index is 13.2. The van der Waals surface area contributed by atoms with Crippen LogP contribution in [-0.2, 0) is 0 Å². The topological polar surface area (TPSA) is 84.7 Å². The molecule has 3 aromatic rings. The SMILES string of the molecule is CCN1C(=O)N[C@@H](CCC(F)(F)F)CCCCCOc2cc(cn3ccnc23)-c2cc(ncn2)C1C. The number of pyridine rings is 1. The molecule has 1 unspecified atom stereocenters. The normalized spacial score (nSPS) is 20.0. The zero-order chi connectivity index (χ0) is 25.7. The number of carbonyl (C=O) groups is 1. The molecule has 36 heavy (non-hydrogen) atoms. The smallest absolute Gasteiger partial charge is 0.389 e. The Labute approximate surface area is 207 Å². The lowest BCUT2D eigenvalue weighted by Gasteiger charge is -2.30. The lowest BCUT2D eigenvalue weighted by atomic mass is 10.0. The third-order valence-corrected chi connectivity index (χ3v) is 6.49. The van der Waals surface area contributed by atoms with E-state index < -0.39 is 30.7 Å². The van der Waals surface area contributed by atoms with E-state index in [-0.39, 0.29) is 6.42 Å². The van der Waals surface area contributed by atoms with Crippen molar-refractivity contribution in [2.45, 2.75) is 70.6 Å². The molecule has 0 saturated carbocycles. The van der Waals surface area contributed by atoms with Gasteiger partial charge in [-0.05, 0) is 51.7 Å². The number of amides is 2. The summed E-state index contributed by atoms with van der Waals surface area (Å²) in [4.78, 5) is 27.9. The third-order valence-electron chi connectivity index (χ3n) is 6.49. The molecule has 4 heterocycles. The molecule has 194 valence electrons. The number of imidazole rings is 1. The summed E-state index contributed by atoms with van der Waals surface area (Å²) in [6, 6.07) is 2.34. The number of carbonyl (C=O) groups excluding carboxylic acids is 1. The number of halogens is 3. The quantitative estimate of drug-likeness (QED) is 0.506. The first-order chi connectivity index (χ1) is 17.2. The zero-order valence-electron chi connectivity index (χ0n) is 20.5. The molecule has 1 aliphatic rings. The molecule has 3 aromatic heterocycles. The average Bonchev–Trinajstić information content (AvgIpc) is 3.33. The molecule has 0 aromatic carbocycles. The van der Waals surface area contributed by atoms with Gasteiger partial charge in [0.15, 0.2) is 11.4 Å². The van der Waals surface area contributed by atoms with Crippen molar-refractivity contribution in [1.82, 2.24) is 29.6 Å². The minimum Gasteiger partial charge on any atom is -0.490 e. The van der Waals surface area contributed by atoms with Crippen molar-refractivity contribution in [3.8, 4) is 17.0 Å². The second kappa shape index (κ2) is 11.1. The second-order valence-electron chi connectivity index (χ2n) is 9.04. The van der Waals surface area contributed by atoms with Crippen LogP contribution in [0.5, 0.6) is 5.75 Å². The number of nitrogens with zero attached hydrogens (tertiary/aromatic N) is 5. The molecule has 1 N–H and O–H groups in total. The molecule has 0 saturated heterocycles. The van der Waals surface area contributed by atoms with Crippen LogP contribution in [0.15, 0.2) is 37.1 Å². The number of rotatable bonds is 3. The van der Waals surface area contributed by atoms with Crippen LogP contribution in [-0.4, -0.2) is 55.7 Å². The number of fused-ring (bicyclic) bond motifs is 7. The zero-order valence-corrected chi connectivity index (χ0v) is 20.5. The predicted molar refractivity (Wildman–Crippen MR) is 129 cm³/mol. The number of hydrogen-bond acceptors (Lipinski definition) is 5. The first-order valence-electron chi connectivity index (χ1n) is 12.3. The van der Waals surface area contributed by atoms with Crippen molar-refractivity contribution in [3.05, 3.63) is 42.7 Å².